The third-order valence-corrected chi connectivity index (χ3v) is 3.35. The molecule has 7 heteroatoms. The van der Waals surface area contributed by atoms with Crippen LogP contribution in [0.3, 0.4) is 0 Å². The zero-order valence-electron chi connectivity index (χ0n) is 13.3. The second kappa shape index (κ2) is 7.44. The molecule has 0 spiro atoms. The molecule has 0 aliphatic carbocycles. The molecule has 0 saturated carbocycles. The van der Waals surface area contributed by atoms with Gasteiger partial charge >= 0.3 is 5.97 Å². The van der Waals surface area contributed by atoms with Gasteiger partial charge in [-0.25, -0.2) is 4.79 Å². The SMILES string of the molecule is COC(=O)/C=C/CNC(=O)c1ccc(Cc2c(C)n[nH]c2C)o1. The van der Waals surface area contributed by atoms with Gasteiger partial charge < -0.3 is 14.5 Å². The predicted octanol–water partition coefficient (Wildman–Crippen LogP) is 1.67. The Morgan fingerprint density at radius 2 is 2.17 bits per heavy atom. The van der Waals surface area contributed by atoms with Crippen molar-refractivity contribution in [3.05, 3.63) is 52.8 Å². The Balaban J connectivity index is 1.92. The number of furan rings is 1. The highest BCUT2D eigenvalue weighted by Crippen LogP contribution is 2.17. The van der Waals surface area contributed by atoms with Crippen LogP contribution in [0.25, 0.3) is 0 Å². The molecular formula is C16H19N3O4. The second-order valence-electron chi connectivity index (χ2n) is 4.99. The average Bonchev–Trinajstić information content (AvgIpc) is 3.13. The van der Waals surface area contributed by atoms with Gasteiger partial charge in [-0.3, -0.25) is 9.89 Å². The van der Waals surface area contributed by atoms with Gasteiger partial charge in [-0.05, 0) is 26.0 Å². The molecule has 2 rings (SSSR count). The molecule has 0 aromatic carbocycles. The highest BCUT2D eigenvalue weighted by molar-refractivity contribution is 5.91. The number of aryl methyl sites for hydroxylation is 2. The lowest BCUT2D eigenvalue weighted by Gasteiger charge is -2.00. The summed E-state index contributed by atoms with van der Waals surface area (Å²) in [6.45, 7) is 4.08. The normalized spacial score (nSPS) is 10.9. The van der Waals surface area contributed by atoms with Crippen molar-refractivity contribution in [1.29, 1.82) is 0 Å². The van der Waals surface area contributed by atoms with Gasteiger partial charge in [-0.2, -0.15) is 5.10 Å². The smallest absolute Gasteiger partial charge is 0.330 e. The van der Waals surface area contributed by atoms with E-state index in [1.54, 1.807) is 12.1 Å². The van der Waals surface area contributed by atoms with E-state index in [9.17, 15) is 9.59 Å². The van der Waals surface area contributed by atoms with Crippen LogP contribution in [0.5, 0.6) is 0 Å². The second-order valence-corrected chi connectivity index (χ2v) is 4.99. The summed E-state index contributed by atoms with van der Waals surface area (Å²) in [6.07, 6.45) is 3.33. The quantitative estimate of drug-likeness (QED) is 0.624. The van der Waals surface area contributed by atoms with Crippen LogP contribution in [0.15, 0.2) is 28.7 Å². The molecule has 0 bridgehead atoms. The minimum absolute atomic E-state index is 0.212. The molecule has 2 aromatic heterocycles. The Morgan fingerprint density at radius 1 is 1.39 bits per heavy atom. The fraction of sp³-hybridized carbons (Fsp3) is 0.312. The first-order valence-corrected chi connectivity index (χ1v) is 7.13. The van der Waals surface area contributed by atoms with Crippen molar-refractivity contribution >= 4 is 11.9 Å². The van der Waals surface area contributed by atoms with Crippen LogP contribution < -0.4 is 5.32 Å². The molecule has 122 valence electrons. The molecule has 2 heterocycles. The maximum absolute atomic E-state index is 11.9. The van der Waals surface area contributed by atoms with Crippen LogP contribution in [-0.2, 0) is 16.0 Å². The largest absolute Gasteiger partial charge is 0.466 e. The lowest BCUT2D eigenvalue weighted by Crippen LogP contribution is -2.22. The minimum Gasteiger partial charge on any atom is -0.466 e. The van der Waals surface area contributed by atoms with Gasteiger partial charge in [-0.1, -0.05) is 6.08 Å². The number of nitrogens with one attached hydrogen (secondary N) is 2. The van der Waals surface area contributed by atoms with Crippen LogP contribution in [0.1, 0.15) is 33.3 Å². The fourth-order valence-corrected chi connectivity index (χ4v) is 2.07. The molecule has 0 atom stereocenters. The summed E-state index contributed by atoms with van der Waals surface area (Å²) in [5.74, 6) is 0.106. The summed E-state index contributed by atoms with van der Waals surface area (Å²) in [5.41, 5.74) is 2.96. The van der Waals surface area contributed by atoms with Gasteiger partial charge in [0, 0.05) is 30.3 Å². The third kappa shape index (κ3) is 4.32. The van der Waals surface area contributed by atoms with Crippen LogP contribution in [-0.4, -0.2) is 35.7 Å². The van der Waals surface area contributed by atoms with E-state index in [1.165, 1.54) is 19.3 Å². The Kier molecular flexibility index (Phi) is 5.35. The van der Waals surface area contributed by atoms with Crippen LogP contribution in [0.4, 0.5) is 0 Å². The highest BCUT2D eigenvalue weighted by atomic mass is 16.5. The zero-order valence-corrected chi connectivity index (χ0v) is 13.3. The third-order valence-electron chi connectivity index (χ3n) is 3.35. The van der Waals surface area contributed by atoms with E-state index in [2.05, 4.69) is 20.3 Å². The Bertz CT molecular complexity index is 708. The number of nitrogens with zero attached hydrogens (tertiary/aromatic N) is 1. The number of carbonyl (C=O) groups excluding carboxylic acids is 2. The molecule has 1 amide bonds. The number of ether oxygens (including phenoxy) is 1. The maximum Gasteiger partial charge on any atom is 0.330 e. The van der Waals surface area contributed by atoms with Crippen LogP contribution >= 0.6 is 0 Å². The first-order valence-electron chi connectivity index (χ1n) is 7.13. The number of methoxy groups -OCH3 is 1. The van der Waals surface area contributed by atoms with Gasteiger partial charge in [0.05, 0.1) is 12.8 Å². The van der Waals surface area contributed by atoms with Crippen molar-refractivity contribution in [2.75, 3.05) is 13.7 Å². The van der Waals surface area contributed by atoms with E-state index in [4.69, 9.17) is 4.42 Å². The summed E-state index contributed by atoms with van der Waals surface area (Å²) >= 11 is 0. The molecule has 0 aliphatic heterocycles. The summed E-state index contributed by atoms with van der Waals surface area (Å²) in [6, 6.07) is 3.39. The standard InChI is InChI=1S/C16H19N3O4/c1-10-13(11(2)19-18-10)9-12-6-7-14(23-12)16(21)17-8-4-5-15(20)22-3/h4-7H,8-9H2,1-3H3,(H,17,21)(H,18,19)/b5-4+. The number of carbonyl (C=O) groups is 2. The summed E-state index contributed by atoms with van der Waals surface area (Å²) < 4.78 is 10.0. The van der Waals surface area contributed by atoms with Gasteiger partial charge in [0.15, 0.2) is 5.76 Å². The zero-order chi connectivity index (χ0) is 16.8. The van der Waals surface area contributed by atoms with Crippen molar-refractivity contribution in [3.63, 3.8) is 0 Å². The van der Waals surface area contributed by atoms with Gasteiger partial charge in [-0.15, -0.1) is 0 Å². The Labute approximate surface area is 133 Å². The van der Waals surface area contributed by atoms with Crippen molar-refractivity contribution < 1.29 is 18.7 Å². The molecule has 0 fully saturated rings. The molecule has 0 unspecified atom stereocenters. The minimum atomic E-state index is -0.467. The van der Waals surface area contributed by atoms with Crippen molar-refractivity contribution in [3.8, 4) is 0 Å². The van der Waals surface area contributed by atoms with Crippen molar-refractivity contribution in [2.45, 2.75) is 20.3 Å². The van der Waals surface area contributed by atoms with Gasteiger partial charge in [0.2, 0.25) is 0 Å². The maximum atomic E-state index is 11.9. The topological polar surface area (TPSA) is 97.2 Å². The molecule has 23 heavy (non-hydrogen) atoms. The molecule has 0 aliphatic rings. The lowest BCUT2D eigenvalue weighted by molar-refractivity contribution is -0.134. The number of esters is 1. The number of aromatic amines is 1. The van der Waals surface area contributed by atoms with Crippen LogP contribution in [0.2, 0.25) is 0 Å². The number of hydrogen-bond acceptors (Lipinski definition) is 5. The van der Waals surface area contributed by atoms with E-state index in [-0.39, 0.29) is 18.2 Å². The number of amides is 1. The van der Waals surface area contributed by atoms with E-state index >= 15 is 0 Å². The Morgan fingerprint density at radius 3 is 2.83 bits per heavy atom. The molecule has 0 saturated heterocycles. The average molecular weight is 317 g/mol. The molecule has 2 N–H and O–H groups in total. The van der Waals surface area contributed by atoms with Crippen LogP contribution in [0, 0.1) is 13.8 Å². The van der Waals surface area contributed by atoms with E-state index in [0.717, 1.165) is 17.0 Å². The predicted molar refractivity (Wildman–Crippen MR) is 83.1 cm³/mol. The molecule has 0 radical (unpaired) electrons. The molecule has 2 aromatic rings. The number of H-pyrrole nitrogens is 1. The van der Waals surface area contributed by atoms with E-state index in [0.29, 0.717) is 12.2 Å². The van der Waals surface area contributed by atoms with Crippen molar-refractivity contribution in [2.24, 2.45) is 0 Å². The molecular weight excluding hydrogens is 298 g/mol. The lowest BCUT2D eigenvalue weighted by atomic mass is 10.1. The van der Waals surface area contributed by atoms with E-state index in [1.807, 2.05) is 13.8 Å². The fourth-order valence-electron chi connectivity index (χ4n) is 2.07. The van der Waals surface area contributed by atoms with Gasteiger partial charge in [0.1, 0.15) is 5.76 Å². The summed E-state index contributed by atoms with van der Waals surface area (Å²) in [5, 5.41) is 9.68. The number of hydrogen-bond donors (Lipinski definition) is 2. The summed E-state index contributed by atoms with van der Waals surface area (Å²) in [7, 11) is 1.29. The van der Waals surface area contributed by atoms with Gasteiger partial charge in [0.25, 0.3) is 5.91 Å². The Hall–Kier alpha value is -2.83. The summed E-state index contributed by atoms with van der Waals surface area (Å²) in [4.78, 5) is 22.8. The van der Waals surface area contributed by atoms with E-state index < -0.39 is 5.97 Å². The number of rotatable bonds is 6. The van der Waals surface area contributed by atoms with Crippen molar-refractivity contribution in [1.82, 2.24) is 15.5 Å². The number of aromatic nitrogens is 2. The first-order chi connectivity index (χ1) is 11.0. The molecule has 7 nitrogen and oxygen atoms in total. The highest BCUT2D eigenvalue weighted by Gasteiger charge is 2.13. The first kappa shape index (κ1) is 16.5. The monoisotopic (exact) mass is 317 g/mol.